The van der Waals surface area contributed by atoms with Crippen molar-refractivity contribution >= 4 is 11.8 Å². The molecule has 0 amide bonds. The average molecular weight is 162 g/mol. The Morgan fingerprint density at radius 3 is 2.67 bits per heavy atom. The van der Waals surface area contributed by atoms with E-state index in [0.717, 1.165) is 0 Å². The third-order valence-corrected chi connectivity index (χ3v) is 0.910. The first-order chi connectivity index (χ1) is 5.86. The molecule has 0 aromatic carbocycles. The molecule has 0 aliphatic carbocycles. The summed E-state index contributed by atoms with van der Waals surface area (Å²) >= 11 is 0. The number of nitrogens with zero attached hydrogens (tertiary/aromatic N) is 8. The highest BCUT2D eigenvalue weighted by Gasteiger charge is 1.92. The smallest absolute Gasteiger partial charge is 0.216 e. The summed E-state index contributed by atoms with van der Waals surface area (Å²) < 4.78 is 0. The zero-order valence-electron chi connectivity index (χ0n) is 5.73. The van der Waals surface area contributed by atoms with Crippen molar-refractivity contribution in [2.75, 3.05) is 0 Å². The van der Waals surface area contributed by atoms with Gasteiger partial charge in [0.25, 0.3) is 0 Å². The lowest BCUT2D eigenvalue weighted by molar-refractivity contribution is 1.11. The third kappa shape index (κ3) is 1.84. The number of hydrogen-bond acceptors (Lipinski definition) is 4. The normalized spacial score (nSPS) is 8.00. The summed E-state index contributed by atoms with van der Waals surface area (Å²) in [5.74, 6) is 0.0531. The van der Waals surface area contributed by atoms with Crippen LogP contribution in [-0.4, -0.2) is 9.97 Å². The Kier molecular flexibility index (Phi) is 2.45. The van der Waals surface area contributed by atoms with E-state index in [1.807, 2.05) is 0 Å². The minimum atomic E-state index is -0.0672. The summed E-state index contributed by atoms with van der Waals surface area (Å²) in [6.45, 7) is 0. The predicted octanol–water partition coefficient (Wildman–Crippen LogP) is 2.36. The summed E-state index contributed by atoms with van der Waals surface area (Å²) in [4.78, 5) is 12.2. The van der Waals surface area contributed by atoms with E-state index in [2.05, 4.69) is 30.0 Å². The van der Waals surface area contributed by atoms with Crippen LogP contribution in [0.4, 0.5) is 11.8 Å². The molecule has 0 atom stereocenters. The number of azide groups is 2. The molecular formula is C4H2N8. The molecule has 1 aromatic heterocycles. The highest BCUT2D eigenvalue weighted by atomic mass is 15.2. The van der Waals surface area contributed by atoms with Crippen LogP contribution in [0, 0.1) is 0 Å². The molecule has 8 nitrogen and oxygen atoms in total. The van der Waals surface area contributed by atoms with Crippen LogP contribution in [0.5, 0.6) is 0 Å². The summed E-state index contributed by atoms with van der Waals surface area (Å²) in [5.41, 5.74) is 16.1. The molecule has 0 radical (unpaired) electrons. The summed E-state index contributed by atoms with van der Waals surface area (Å²) in [6.07, 6.45) is 1.33. The fourth-order valence-corrected chi connectivity index (χ4v) is 0.529. The SMILES string of the molecule is [N-]=[N+]=Nc1ccnc(N=[N+]=[N-])n1. The molecule has 0 bridgehead atoms. The van der Waals surface area contributed by atoms with E-state index >= 15 is 0 Å². The topological polar surface area (TPSA) is 123 Å². The Morgan fingerprint density at radius 1 is 1.25 bits per heavy atom. The molecule has 1 rings (SSSR count). The van der Waals surface area contributed by atoms with E-state index in [9.17, 15) is 0 Å². The molecular weight excluding hydrogens is 160 g/mol. The van der Waals surface area contributed by atoms with Gasteiger partial charge < -0.3 is 0 Å². The molecule has 8 heteroatoms. The van der Waals surface area contributed by atoms with Crippen molar-refractivity contribution in [2.45, 2.75) is 0 Å². The van der Waals surface area contributed by atoms with Crippen LogP contribution in [-0.2, 0) is 0 Å². The fourth-order valence-electron chi connectivity index (χ4n) is 0.529. The summed E-state index contributed by atoms with van der Waals surface area (Å²) in [6, 6.07) is 1.40. The minimum absolute atomic E-state index is 0.0672. The van der Waals surface area contributed by atoms with Crippen molar-refractivity contribution in [1.82, 2.24) is 9.97 Å². The second-order valence-electron chi connectivity index (χ2n) is 1.59. The van der Waals surface area contributed by atoms with Gasteiger partial charge in [0.1, 0.15) is 5.82 Å². The first-order valence-corrected chi connectivity index (χ1v) is 2.80. The molecule has 12 heavy (non-hydrogen) atoms. The fraction of sp³-hybridized carbons (Fsp3) is 0. The first-order valence-electron chi connectivity index (χ1n) is 2.80. The maximum atomic E-state index is 8.03. The highest BCUT2D eigenvalue weighted by molar-refractivity contribution is 5.30. The molecule has 0 aliphatic heterocycles. The van der Waals surface area contributed by atoms with Gasteiger partial charge in [-0.25, -0.2) is 9.97 Å². The quantitative estimate of drug-likeness (QED) is 0.376. The Hall–Kier alpha value is -2.30. The van der Waals surface area contributed by atoms with Gasteiger partial charge in [-0.3, -0.25) is 0 Å². The molecule has 0 saturated heterocycles. The van der Waals surface area contributed by atoms with Gasteiger partial charge in [-0.1, -0.05) is 0 Å². The van der Waals surface area contributed by atoms with Crippen LogP contribution in [0.25, 0.3) is 20.9 Å². The first kappa shape index (κ1) is 7.80. The molecule has 0 spiro atoms. The van der Waals surface area contributed by atoms with Crippen LogP contribution in [0.1, 0.15) is 0 Å². The number of hydrogen-bond donors (Lipinski definition) is 0. The van der Waals surface area contributed by atoms with Crippen molar-refractivity contribution < 1.29 is 0 Å². The molecule has 58 valence electrons. The van der Waals surface area contributed by atoms with Gasteiger partial charge in [-0.05, 0) is 27.4 Å². The van der Waals surface area contributed by atoms with E-state index < -0.39 is 0 Å². The Balaban J connectivity index is 3.11. The molecule has 0 unspecified atom stereocenters. The zero-order chi connectivity index (χ0) is 8.81. The Bertz CT molecular complexity index is 337. The van der Waals surface area contributed by atoms with Gasteiger partial charge >= 0.3 is 0 Å². The van der Waals surface area contributed by atoms with Gasteiger partial charge in [0.15, 0.2) is 0 Å². The van der Waals surface area contributed by atoms with E-state index in [4.69, 9.17) is 11.1 Å². The van der Waals surface area contributed by atoms with Gasteiger partial charge in [0.2, 0.25) is 5.95 Å². The standard InChI is InChI=1S/C4H2N8/c5-11-9-3-1-2-7-4(8-3)10-12-6/h1-2H. The lowest BCUT2D eigenvalue weighted by atomic mass is 10.6. The second kappa shape index (κ2) is 3.77. The monoisotopic (exact) mass is 162 g/mol. The van der Waals surface area contributed by atoms with Crippen LogP contribution >= 0.6 is 0 Å². The lowest BCUT2D eigenvalue weighted by Gasteiger charge is -1.89. The van der Waals surface area contributed by atoms with Crippen LogP contribution in [0.15, 0.2) is 22.5 Å². The Morgan fingerprint density at radius 2 is 2.00 bits per heavy atom. The maximum absolute atomic E-state index is 8.03. The maximum Gasteiger partial charge on any atom is 0.216 e. The summed E-state index contributed by atoms with van der Waals surface area (Å²) in [5, 5.41) is 6.32. The highest BCUT2D eigenvalue weighted by Crippen LogP contribution is 2.11. The number of rotatable bonds is 2. The largest absolute Gasteiger partial charge is 0.235 e. The van der Waals surface area contributed by atoms with Crippen LogP contribution in [0.2, 0.25) is 0 Å². The van der Waals surface area contributed by atoms with Crippen molar-refractivity contribution in [3.8, 4) is 0 Å². The van der Waals surface area contributed by atoms with Gasteiger partial charge in [-0.15, -0.1) is 0 Å². The predicted molar refractivity (Wildman–Crippen MR) is 39.6 cm³/mol. The average Bonchev–Trinajstić information content (AvgIpc) is 2.06. The number of aromatic nitrogens is 2. The Labute approximate surface area is 66.1 Å². The van der Waals surface area contributed by atoms with Gasteiger partial charge in [0.05, 0.1) is 0 Å². The van der Waals surface area contributed by atoms with E-state index in [1.165, 1.54) is 12.3 Å². The molecule has 0 N–H and O–H groups in total. The lowest BCUT2D eigenvalue weighted by Crippen LogP contribution is -1.76. The van der Waals surface area contributed by atoms with Crippen molar-refractivity contribution in [2.24, 2.45) is 10.2 Å². The zero-order valence-corrected chi connectivity index (χ0v) is 5.73. The minimum Gasteiger partial charge on any atom is -0.235 e. The molecule has 0 saturated carbocycles. The van der Waals surface area contributed by atoms with E-state index in [0.29, 0.717) is 0 Å². The van der Waals surface area contributed by atoms with Crippen LogP contribution in [0.3, 0.4) is 0 Å². The van der Waals surface area contributed by atoms with Gasteiger partial charge in [0, 0.05) is 16.0 Å². The summed E-state index contributed by atoms with van der Waals surface area (Å²) in [7, 11) is 0. The second-order valence-corrected chi connectivity index (χ2v) is 1.59. The van der Waals surface area contributed by atoms with Crippen molar-refractivity contribution in [3.63, 3.8) is 0 Å². The molecule has 0 fully saturated rings. The molecule has 1 heterocycles. The molecule has 0 aliphatic rings. The van der Waals surface area contributed by atoms with E-state index in [-0.39, 0.29) is 11.8 Å². The molecule has 1 aromatic rings. The van der Waals surface area contributed by atoms with Crippen molar-refractivity contribution in [1.29, 1.82) is 0 Å². The van der Waals surface area contributed by atoms with Gasteiger partial charge in [-0.2, -0.15) is 0 Å². The van der Waals surface area contributed by atoms with Crippen molar-refractivity contribution in [3.05, 3.63) is 33.1 Å². The van der Waals surface area contributed by atoms with E-state index in [1.54, 1.807) is 0 Å². The van der Waals surface area contributed by atoms with Crippen LogP contribution < -0.4 is 0 Å². The third-order valence-electron chi connectivity index (χ3n) is 0.910.